The Morgan fingerprint density at radius 2 is 2.06 bits per heavy atom. The number of hydrogen-bond acceptors (Lipinski definition) is 2. The van der Waals surface area contributed by atoms with E-state index in [4.69, 9.17) is 16.0 Å². The molecule has 1 heterocycles. The number of furan rings is 1. The van der Waals surface area contributed by atoms with Gasteiger partial charge in [-0.1, -0.05) is 17.7 Å². The van der Waals surface area contributed by atoms with E-state index < -0.39 is 0 Å². The second kappa shape index (κ2) is 5.38. The van der Waals surface area contributed by atoms with Gasteiger partial charge in [0.2, 0.25) is 0 Å². The summed E-state index contributed by atoms with van der Waals surface area (Å²) in [5, 5.41) is 0.671. The zero-order valence-corrected chi connectivity index (χ0v) is 12.8. The monoisotopic (exact) mass is 375 g/mol. The average molecular weight is 377 g/mol. The van der Waals surface area contributed by atoms with E-state index >= 15 is 0 Å². The molecule has 0 atom stereocenters. The van der Waals surface area contributed by atoms with Crippen molar-refractivity contribution in [3.05, 3.63) is 49.8 Å². The Hall–Kier alpha value is -0.580. The van der Waals surface area contributed by atoms with Gasteiger partial charge in [0.25, 0.3) is 0 Å². The molecule has 2 rings (SSSR count). The number of rotatable bonds is 2. The summed E-state index contributed by atoms with van der Waals surface area (Å²) in [4.78, 5) is 4.35. The minimum atomic E-state index is 0.654. The fourth-order valence-corrected chi connectivity index (χ4v) is 2.06. The summed E-state index contributed by atoms with van der Waals surface area (Å²) in [7, 11) is 0. The molecule has 0 amide bonds. The number of benzene rings is 1. The summed E-state index contributed by atoms with van der Waals surface area (Å²) >= 11 is 12.5. The second-order valence-electron chi connectivity index (χ2n) is 3.46. The summed E-state index contributed by atoms with van der Waals surface area (Å²) in [6.45, 7) is 1.98. The molecule has 1 aromatic heterocycles. The van der Waals surface area contributed by atoms with Crippen LogP contribution in [0.3, 0.4) is 0 Å². The third kappa shape index (κ3) is 3.21. The summed E-state index contributed by atoms with van der Waals surface area (Å²) in [5.41, 5.74) is 1.90. The van der Waals surface area contributed by atoms with Gasteiger partial charge in [0, 0.05) is 11.1 Å². The van der Waals surface area contributed by atoms with Gasteiger partial charge in [0.15, 0.2) is 4.67 Å². The zero-order valence-electron chi connectivity index (χ0n) is 8.88. The van der Waals surface area contributed by atoms with Crippen LogP contribution in [0.2, 0.25) is 5.02 Å². The fraction of sp³-hybridized carbons (Fsp3) is 0.0833. The van der Waals surface area contributed by atoms with Crippen LogP contribution < -0.4 is 0 Å². The van der Waals surface area contributed by atoms with Crippen molar-refractivity contribution in [3.8, 4) is 0 Å². The molecule has 88 valence electrons. The molecule has 0 aliphatic carbocycles. The number of nitrogens with zero attached hydrogens (tertiary/aromatic N) is 1. The molecule has 0 aliphatic rings. The Morgan fingerprint density at radius 3 is 2.71 bits per heavy atom. The van der Waals surface area contributed by atoms with E-state index in [9.17, 15) is 0 Å². The molecule has 1 aromatic carbocycles. The number of hydrogen-bond donors (Lipinski definition) is 0. The van der Waals surface area contributed by atoms with Gasteiger partial charge in [-0.3, -0.25) is 4.99 Å². The minimum absolute atomic E-state index is 0.654. The first-order valence-corrected chi connectivity index (χ1v) is 6.78. The van der Waals surface area contributed by atoms with E-state index in [1.54, 1.807) is 6.21 Å². The van der Waals surface area contributed by atoms with Crippen LogP contribution in [0.4, 0.5) is 5.69 Å². The molecule has 0 saturated heterocycles. The number of aliphatic imine (C=N–C) groups is 1. The Morgan fingerprint density at radius 1 is 1.29 bits per heavy atom. The van der Waals surface area contributed by atoms with Crippen molar-refractivity contribution in [2.24, 2.45) is 4.99 Å². The van der Waals surface area contributed by atoms with Gasteiger partial charge in [-0.05, 0) is 56.5 Å². The highest BCUT2D eigenvalue weighted by Crippen LogP contribution is 2.27. The molecule has 2 aromatic rings. The molecule has 0 bridgehead atoms. The largest absolute Gasteiger partial charge is 0.447 e. The lowest BCUT2D eigenvalue weighted by Gasteiger charge is -1.99. The Bertz CT molecular complexity index is 558. The van der Waals surface area contributed by atoms with Gasteiger partial charge in [-0.25, -0.2) is 0 Å². The van der Waals surface area contributed by atoms with Gasteiger partial charge in [0.05, 0.1) is 16.4 Å². The normalized spacial score (nSPS) is 11.3. The molecule has 5 heteroatoms. The standard InChI is InChI=1S/C12H8Br2ClNO/c1-7-2-3-8(15)4-11(7)16-6-9-5-10(13)12(14)17-9/h2-6H,1H3. The van der Waals surface area contributed by atoms with Crippen molar-refractivity contribution in [2.45, 2.75) is 6.92 Å². The van der Waals surface area contributed by atoms with Crippen molar-refractivity contribution in [2.75, 3.05) is 0 Å². The minimum Gasteiger partial charge on any atom is -0.447 e. The molecular formula is C12H8Br2ClNO. The highest BCUT2D eigenvalue weighted by atomic mass is 79.9. The highest BCUT2D eigenvalue weighted by molar-refractivity contribution is 9.13. The lowest BCUT2D eigenvalue weighted by Crippen LogP contribution is -1.77. The lowest BCUT2D eigenvalue weighted by molar-refractivity contribution is 0.533. The average Bonchev–Trinajstić information content (AvgIpc) is 2.60. The van der Waals surface area contributed by atoms with Crippen molar-refractivity contribution >= 4 is 55.4 Å². The van der Waals surface area contributed by atoms with E-state index in [0.29, 0.717) is 15.5 Å². The van der Waals surface area contributed by atoms with E-state index in [-0.39, 0.29) is 0 Å². The lowest BCUT2D eigenvalue weighted by atomic mass is 10.2. The summed E-state index contributed by atoms with van der Waals surface area (Å²) in [5.74, 6) is 0.670. The van der Waals surface area contributed by atoms with Crippen LogP contribution >= 0.6 is 43.5 Å². The first-order valence-electron chi connectivity index (χ1n) is 4.81. The van der Waals surface area contributed by atoms with Gasteiger partial charge in [0.1, 0.15) is 5.76 Å². The van der Waals surface area contributed by atoms with Crippen LogP contribution in [0, 0.1) is 6.92 Å². The SMILES string of the molecule is Cc1ccc(Cl)cc1N=Cc1cc(Br)c(Br)o1. The summed E-state index contributed by atoms with van der Waals surface area (Å²) in [6.07, 6.45) is 1.66. The Kier molecular flexibility index (Phi) is 4.07. The molecule has 0 spiro atoms. The molecular weight excluding hydrogens is 369 g/mol. The van der Waals surface area contributed by atoms with E-state index in [2.05, 4.69) is 36.9 Å². The van der Waals surface area contributed by atoms with Gasteiger partial charge in [-0.2, -0.15) is 0 Å². The third-order valence-corrected chi connectivity index (χ3v) is 4.11. The van der Waals surface area contributed by atoms with Crippen LogP contribution in [0.15, 0.2) is 42.8 Å². The summed E-state index contributed by atoms with van der Waals surface area (Å²) in [6, 6.07) is 7.44. The van der Waals surface area contributed by atoms with Gasteiger partial charge < -0.3 is 4.42 Å². The maximum absolute atomic E-state index is 5.92. The first-order chi connectivity index (χ1) is 8.06. The van der Waals surface area contributed by atoms with Crippen LogP contribution in [0.5, 0.6) is 0 Å². The second-order valence-corrected chi connectivity index (χ2v) is 5.47. The fourth-order valence-electron chi connectivity index (χ4n) is 1.28. The van der Waals surface area contributed by atoms with E-state index in [0.717, 1.165) is 15.7 Å². The van der Waals surface area contributed by atoms with Crippen LogP contribution in [-0.2, 0) is 0 Å². The molecule has 0 saturated carbocycles. The zero-order chi connectivity index (χ0) is 12.4. The predicted molar refractivity (Wildman–Crippen MR) is 77.6 cm³/mol. The molecule has 0 aliphatic heterocycles. The number of aryl methyl sites for hydroxylation is 1. The molecule has 2 nitrogen and oxygen atoms in total. The highest BCUT2D eigenvalue weighted by Gasteiger charge is 2.04. The van der Waals surface area contributed by atoms with Crippen molar-refractivity contribution < 1.29 is 4.42 Å². The van der Waals surface area contributed by atoms with Crippen molar-refractivity contribution in [1.82, 2.24) is 0 Å². The molecule has 17 heavy (non-hydrogen) atoms. The first kappa shape index (κ1) is 12.9. The number of halogens is 3. The van der Waals surface area contributed by atoms with Gasteiger partial charge in [-0.15, -0.1) is 0 Å². The van der Waals surface area contributed by atoms with Crippen LogP contribution in [0.25, 0.3) is 0 Å². The quantitative estimate of drug-likeness (QED) is 0.633. The van der Waals surface area contributed by atoms with Gasteiger partial charge >= 0.3 is 0 Å². The van der Waals surface area contributed by atoms with E-state index in [1.165, 1.54) is 0 Å². The topological polar surface area (TPSA) is 25.5 Å². The maximum atomic E-state index is 5.92. The molecule has 0 unspecified atom stereocenters. The van der Waals surface area contributed by atoms with Crippen LogP contribution in [0.1, 0.15) is 11.3 Å². The maximum Gasteiger partial charge on any atom is 0.184 e. The van der Waals surface area contributed by atoms with Crippen molar-refractivity contribution in [3.63, 3.8) is 0 Å². The summed E-state index contributed by atoms with van der Waals surface area (Å²) < 4.78 is 6.91. The van der Waals surface area contributed by atoms with Crippen molar-refractivity contribution in [1.29, 1.82) is 0 Å². The smallest absolute Gasteiger partial charge is 0.184 e. The Labute approximate surface area is 121 Å². The molecule has 0 fully saturated rings. The predicted octanol–water partition coefficient (Wildman–Crippen LogP) is 5.52. The molecule has 0 radical (unpaired) electrons. The Balaban J connectivity index is 2.28. The van der Waals surface area contributed by atoms with Crippen LogP contribution in [-0.4, -0.2) is 6.21 Å². The molecule has 0 N–H and O–H groups in total. The third-order valence-electron chi connectivity index (χ3n) is 2.17. The van der Waals surface area contributed by atoms with E-state index in [1.807, 2.05) is 31.2 Å².